The SMILES string of the molecule is CC(=O)[C@@H]1OC(C)(C)O[C@H]1C(=O)N1CCCC1c1cccc(Cl)c1.CC1(C)O[C@@H](C(=O)NCc2ccc(Cl)nc2)[C@H](C(=O)N2CCCC2c2cccc(Cl)c2)O1.NCc1ccc(Cl)nc1.O=C(NCc1ccc(-c2ccccc2)nc1)[C@H](O)[C@@H](O)C(=O)N1CCCC1c1cccc(Cl)c1. The Morgan fingerprint density at radius 1 is 0.515 bits per heavy atom. The first-order valence-corrected chi connectivity index (χ1v) is 34.4. The molecule has 5 aliphatic rings. The largest absolute Gasteiger partial charge is 0.380 e. The molecule has 0 spiro atoms. The fourth-order valence-electron chi connectivity index (χ4n) is 12.4. The van der Waals surface area contributed by atoms with Gasteiger partial charge in [0.25, 0.3) is 29.5 Å². The van der Waals surface area contributed by atoms with E-state index >= 15 is 0 Å². The van der Waals surface area contributed by atoms with E-state index in [4.69, 9.17) is 82.7 Å². The lowest BCUT2D eigenvalue weighted by atomic mass is 10.0. The number of nitrogens with two attached hydrogens (primary N) is 1. The third-order valence-electron chi connectivity index (χ3n) is 17.1. The Hall–Kier alpha value is -7.48. The van der Waals surface area contributed by atoms with Crippen LogP contribution >= 0.6 is 58.0 Å². The first-order chi connectivity index (χ1) is 47.3. The summed E-state index contributed by atoms with van der Waals surface area (Å²) in [5, 5.41) is 28.9. The molecule has 12 rings (SSSR count). The van der Waals surface area contributed by atoms with Crippen molar-refractivity contribution in [1.29, 1.82) is 0 Å². The van der Waals surface area contributed by atoms with Gasteiger partial charge in [-0.05, 0) is 161 Å². The van der Waals surface area contributed by atoms with Gasteiger partial charge in [-0.1, -0.05) is 143 Å². The number of carbonyl (C=O) groups is 6. The molecule has 0 aliphatic carbocycles. The van der Waals surface area contributed by atoms with Gasteiger partial charge in [-0.15, -0.1) is 0 Å². The zero-order valence-electron chi connectivity index (χ0n) is 55.3. The number of hydrogen-bond acceptors (Lipinski definition) is 16. The molecule has 0 bridgehead atoms. The summed E-state index contributed by atoms with van der Waals surface area (Å²) in [5.41, 5.74) is 12.4. The van der Waals surface area contributed by atoms with E-state index in [1.807, 2.05) is 97.1 Å². The van der Waals surface area contributed by atoms with Crippen LogP contribution in [-0.4, -0.2) is 143 Å². The minimum atomic E-state index is -1.88. The lowest BCUT2D eigenvalue weighted by Gasteiger charge is -2.28. The summed E-state index contributed by atoms with van der Waals surface area (Å²) in [6, 6.07) is 42.2. The normalized spacial score (nSPS) is 21.7. The average molecular weight is 1450 g/mol. The van der Waals surface area contributed by atoms with Crippen molar-refractivity contribution in [2.45, 2.75) is 159 Å². The second-order valence-corrected chi connectivity index (χ2v) is 27.3. The molecule has 0 saturated carbocycles. The number of halogens is 5. The third kappa shape index (κ3) is 20.4. The van der Waals surface area contributed by atoms with Gasteiger partial charge < -0.3 is 60.2 Å². The van der Waals surface area contributed by atoms with Crippen LogP contribution in [0.1, 0.15) is 125 Å². The molecule has 5 aliphatic heterocycles. The van der Waals surface area contributed by atoms with Gasteiger partial charge in [0.1, 0.15) is 10.3 Å². The number of likely N-dealkylation sites (tertiary alicyclic amines) is 3. The molecule has 5 saturated heterocycles. The fourth-order valence-corrected chi connectivity index (χ4v) is 13.2. The van der Waals surface area contributed by atoms with Crippen LogP contribution in [0.15, 0.2) is 158 Å². The highest BCUT2D eigenvalue weighted by molar-refractivity contribution is 6.31. The standard InChI is InChI=1S/C26H26ClN3O4.C23H25Cl2N3O4.C18H22ClNO4.C6H7ClN2/c27-20-9-4-8-19(14-20)22-10-5-13-30(22)26(34)24(32)23(31)25(33)29-16-17-11-12-21(28-15-17)18-6-2-1-3-7-18;1-23(2)31-19(21(29)27-13-14-8-9-18(25)26-12-14)20(32-23)22(30)28-10-4-7-17(28)15-5-3-6-16(24)11-15;1-11(21)15-16(24-18(2,3)23-15)17(22)20-9-5-8-14(20)12-6-4-7-13(19)10-12;7-6-2-1-5(3-8)4-9-6/h1-4,6-9,11-12,14-15,22-24,31-32H,5,10,13,16H2,(H,29,33);3,5-6,8-9,11-12,17,19-20H,4,7,10,13H2,1-2H3,(H,27,29);4,6-7,10,14-16H,5,8-9H2,1-3H3;1-2,4H,3,8H2/t22?,23-,24-;17?,19-,20-;14?,15-,16+;/m110./s1. The van der Waals surface area contributed by atoms with Crippen molar-refractivity contribution < 1.29 is 57.9 Å². The summed E-state index contributed by atoms with van der Waals surface area (Å²) in [6.07, 6.45) is 2.23. The number of Topliss-reactive ketones (excluding diaryl/α,β-unsaturated/α-hetero) is 1. The van der Waals surface area contributed by atoms with Gasteiger partial charge in [-0.2, -0.15) is 0 Å². The number of ether oxygens (including phenoxy) is 4. The Balaban J connectivity index is 0.000000165. The molecule has 4 aromatic carbocycles. The van der Waals surface area contributed by atoms with Crippen molar-refractivity contribution in [3.8, 4) is 11.3 Å². The highest BCUT2D eigenvalue weighted by Crippen LogP contribution is 2.40. The Labute approximate surface area is 600 Å². The molecule has 524 valence electrons. The van der Waals surface area contributed by atoms with E-state index in [-0.39, 0.29) is 48.8 Å². The molecule has 3 unspecified atom stereocenters. The maximum Gasteiger partial charge on any atom is 0.255 e. The number of amides is 5. The lowest BCUT2D eigenvalue weighted by molar-refractivity contribution is -0.163. The zero-order chi connectivity index (χ0) is 71.1. The van der Waals surface area contributed by atoms with Crippen LogP contribution < -0.4 is 16.4 Å². The number of nitrogens with one attached hydrogen (secondary N) is 2. The van der Waals surface area contributed by atoms with Crippen molar-refractivity contribution in [2.24, 2.45) is 5.73 Å². The van der Waals surface area contributed by atoms with E-state index in [0.29, 0.717) is 58.0 Å². The molecule has 99 heavy (non-hydrogen) atoms. The number of aliphatic hydroxyl groups is 2. The molecule has 3 aromatic heterocycles. The van der Waals surface area contributed by atoms with Crippen molar-refractivity contribution in [3.05, 3.63) is 217 Å². The predicted molar refractivity (Wildman–Crippen MR) is 376 cm³/mol. The lowest BCUT2D eigenvalue weighted by Crippen LogP contribution is -2.50. The molecule has 5 fully saturated rings. The number of benzene rings is 4. The molecule has 9 atom stereocenters. The fraction of sp³-hybridized carbons (Fsp3) is 0.384. The van der Waals surface area contributed by atoms with Crippen LogP contribution in [0.3, 0.4) is 0 Å². The molecule has 7 aromatic rings. The van der Waals surface area contributed by atoms with Gasteiger partial charge in [-0.25, -0.2) is 9.97 Å². The number of ketones is 1. The number of pyridine rings is 3. The maximum atomic E-state index is 13.5. The van der Waals surface area contributed by atoms with Crippen molar-refractivity contribution >= 4 is 93.3 Å². The van der Waals surface area contributed by atoms with Crippen LogP contribution in [0, 0.1) is 0 Å². The van der Waals surface area contributed by atoms with E-state index in [9.17, 15) is 39.0 Å². The Kier molecular flexibility index (Phi) is 26.6. The number of carbonyl (C=O) groups excluding carboxylic acids is 6. The smallest absolute Gasteiger partial charge is 0.255 e. The van der Waals surface area contributed by atoms with Crippen LogP contribution in [0.4, 0.5) is 0 Å². The number of aromatic nitrogens is 3. The Morgan fingerprint density at radius 3 is 1.38 bits per heavy atom. The average Bonchev–Trinajstić information content (AvgIpc) is 1.65. The zero-order valence-corrected chi connectivity index (χ0v) is 59.1. The molecule has 6 N–H and O–H groups in total. The molecular formula is C73H80Cl5N9O12. The summed E-state index contributed by atoms with van der Waals surface area (Å²) in [7, 11) is 0. The molecular weight excluding hydrogens is 1370 g/mol. The molecule has 8 heterocycles. The monoisotopic (exact) mass is 1450 g/mol. The van der Waals surface area contributed by atoms with E-state index in [0.717, 1.165) is 76.7 Å². The predicted octanol–water partition coefficient (Wildman–Crippen LogP) is 11.3. The van der Waals surface area contributed by atoms with Crippen LogP contribution in [0.25, 0.3) is 11.3 Å². The van der Waals surface area contributed by atoms with Gasteiger partial charge in [0.05, 0.1) is 23.8 Å². The van der Waals surface area contributed by atoms with Gasteiger partial charge in [0.2, 0.25) is 0 Å². The number of rotatable bonds is 16. The molecule has 5 amide bonds. The summed E-state index contributed by atoms with van der Waals surface area (Å²) >= 11 is 29.7. The van der Waals surface area contributed by atoms with E-state index in [1.165, 1.54) is 11.8 Å². The number of nitrogens with zero attached hydrogens (tertiary/aromatic N) is 6. The van der Waals surface area contributed by atoms with Gasteiger partial charge in [-0.3, -0.25) is 33.8 Å². The number of aliphatic hydroxyl groups excluding tert-OH is 2. The summed E-state index contributed by atoms with van der Waals surface area (Å²) in [5.74, 6) is -4.57. The quantitative estimate of drug-likeness (QED) is 0.0562. The maximum absolute atomic E-state index is 13.5. The minimum Gasteiger partial charge on any atom is -0.380 e. The highest BCUT2D eigenvalue weighted by Gasteiger charge is 2.52. The highest BCUT2D eigenvalue weighted by atomic mass is 35.5. The van der Waals surface area contributed by atoms with E-state index in [1.54, 1.807) is 98.5 Å². The first kappa shape index (κ1) is 75.7. The third-order valence-corrected chi connectivity index (χ3v) is 18.3. The second kappa shape index (κ2) is 34.7. The Morgan fingerprint density at radius 2 is 0.939 bits per heavy atom. The summed E-state index contributed by atoms with van der Waals surface area (Å²) < 4.78 is 23.1. The first-order valence-electron chi connectivity index (χ1n) is 32.5. The van der Waals surface area contributed by atoms with Crippen LogP contribution in [0.5, 0.6) is 0 Å². The van der Waals surface area contributed by atoms with Gasteiger partial charge in [0.15, 0.2) is 54.0 Å². The van der Waals surface area contributed by atoms with Crippen LogP contribution in [-0.2, 0) is 67.3 Å². The summed E-state index contributed by atoms with van der Waals surface area (Å²) in [4.78, 5) is 94.0. The topological polar surface area (TPSA) is 278 Å². The van der Waals surface area contributed by atoms with Crippen molar-refractivity contribution in [3.63, 3.8) is 0 Å². The van der Waals surface area contributed by atoms with Crippen molar-refractivity contribution in [1.82, 2.24) is 40.3 Å². The molecule has 0 radical (unpaired) electrons. The van der Waals surface area contributed by atoms with Crippen LogP contribution in [0.2, 0.25) is 25.4 Å². The molecule has 21 nitrogen and oxygen atoms in total. The Bertz CT molecular complexity index is 3920. The van der Waals surface area contributed by atoms with Gasteiger partial charge in [0, 0.05) is 78.5 Å². The minimum absolute atomic E-state index is 0.0453. The van der Waals surface area contributed by atoms with E-state index < -0.39 is 65.9 Å². The molecule has 26 heteroatoms. The van der Waals surface area contributed by atoms with Gasteiger partial charge >= 0.3 is 0 Å². The second-order valence-electron chi connectivity index (χ2n) is 25.2. The number of hydrogen-bond donors (Lipinski definition) is 5. The van der Waals surface area contributed by atoms with E-state index in [2.05, 4.69) is 25.6 Å². The summed E-state index contributed by atoms with van der Waals surface area (Å²) in [6.45, 7) is 10.8. The van der Waals surface area contributed by atoms with Crippen molar-refractivity contribution in [2.75, 3.05) is 19.6 Å².